The Labute approximate surface area is 234 Å². The largest absolute Gasteiger partial charge is 0.390 e. The summed E-state index contributed by atoms with van der Waals surface area (Å²) in [5, 5.41) is 11.8. The van der Waals surface area contributed by atoms with Crippen molar-refractivity contribution >= 4 is 31.8 Å². The fraction of sp³-hybridized carbons (Fsp3) is 0.846. The van der Waals surface area contributed by atoms with E-state index in [2.05, 4.69) is 0 Å². The number of Topliss-reactive ketones (excluding diaryl/α,β-unsaturated/α-hetero) is 1. The van der Waals surface area contributed by atoms with Crippen LogP contribution in [-0.4, -0.2) is 87.5 Å². The molecule has 3 saturated carbocycles. The van der Waals surface area contributed by atoms with Gasteiger partial charge < -0.3 is 14.6 Å². The highest BCUT2D eigenvalue weighted by atomic mass is 32.2. The maximum Gasteiger partial charge on any atom is 0.265 e. The molecule has 0 amide bonds. The van der Waals surface area contributed by atoms with Gasteiger partial charge in [-0.15, -0.1) is 0 Å². The van der Waals surface area contributed by atoms with Gasteiger partial charge in [0.2, 0.25) is 0 Å². The van der Waals surface area contributed by atoms with E-state index in [4.69, 9.17) is 17.8 Å². The first-order valence-corrected chi connectivity index (χ1v) is 16.9. The quantitative estimate of drug-likeness (QED) is 0.452. The number of hydrogen-bond acceptors (Lipinski definition) is 11. The number of hydrogen-bond donors (Lipinski definition) is 1. The second-order valence-corrected chi connectivity index (χ2v) is 16.3. The lowest BCUT2D eigenvalue weighted by Gasteiger charge is -2.66. The number of ether oxygens (including phenoxy) is 2. The van der Waals surface area contributed by atoms with Gasteiger partial charge in [0.1, 0.15) is 12.2 Å². The first kappa shape index (κ1) is 30.2. The minimum absolute atomic E-state index is 0.0475. The Hall–Kier alpha value is -1.29. The summed E-state index contributed by atoms with van der Waals surface area (Å²) in [5.74, 6) is -4.33. The molecule has 0 radical (unpaired) electrons. The molecule has 1 N–H and O–H groups in total. The fourth-order valence-electron chi connectivity index (χ4n) is 8.89. The number of halogens is 1. The smallest absolute Gasteiger partial charge is 0.265 e. The summed E-state index contributed by atoms with van der Waals surface area (Å²) in [4.78, 5) is 25.9. The summed E-state index contributed by atoms with van der Waals surface area (Å²) in [6.07, 6.45) is -3.85. The van der Waals surface area contributed by atoms with E-state index >= 15 is 4.39 Å². The lowest BCUT2D eigenvalue weighted by atomic mass is 9.42. The fourth-order valence-corrected chi connectivity index (χ4v) is 10.1. The van der Waals surface area contributed by atoms with Crippen molar-refractivity contribution in [1.82, 2.24) is 0 Å². The Balaban J connectivity index is 1.79. The lowest BCUT2D eigenvalue weighted by Crippen LogP contribution is -2.75. The van der Waals surface area contributed by atoms with Gasteiger partial charge in [-0.1, -0.05) is 13.8 Å². The van der Waals surface area contributed by atoms with Crippen molar-refractivity contribution in [3.63, 3.8) is 0 Å². The molecule has 0 aromatic carbocycles. The summed E-state index contributed by atoms with van der Waals surface area (Å²) >= 11 is 0. The van der Waals surface area contributed by atoms with E-state index in [0.717, 1.165) is 18.6 Å². The number of aliphatic hydroxyl groups is 1. The molecule has 0 aromatic rings. The van der Waals surface area contributed by atoms with Gasteiger partial charge >= 0.3 is 0 Å². The molecule has 1 aliphatic heterocycles. The number of aliphatic hydroxyl groups excluding tert-OH is 1. The molecule has 0 bridgehead atoms. The molecule has 5 rings (SSSR count). The molecule has 0 unspecified atom stereocenters. The zero-order valence-corrected chi connectivity index (χ0v) is 25.2. The van der Waals surface area contributed by atoms with Crippen LogP contribution in [-0.2, 0) is 47.7 Å². The second-order valence-electron chi connectivity index (χ2n) is 13.1. The highest BCUT2D eigenvalue weighted by Crippen LogP contribution is 2.73. The summed E-state index contributed by atoms with van der Waals surface area (Å²) < 4.78 is 91.6. The van der Waals surface area contributed by atoms with E-state index in [9.17, 15) is 31.5 Å². The second kappa shape index (κ2) is 8.64. The number of carbonyl (C=O) groups is 2. The maximum atomic E-state index is 18.1. The minimum Gasteiger partial charge on any atom is -0.390 e. The van der Waals surface area contributed by atoms with Crippen LogP contribution in [0.3, 0.4) is 0 Å². The average molecular weight is 609 g/mol. The Morgan fingerprint density at radius 2 is 1.70 bits per heavy atom. The summed E-state index contributed by atoms with van der Waals surface area (Å²) in [7, 11) is -8.65. The zero-order chi connectivity index (χ0) is 30.1. The Morgan fingerprint density at radius 3 is 2.25 bits per heavy atom. The highest BCUT2D eigenvalue weighted by molar-refractivity contribution is 7.86. The van der Waals surface area contributed by atoms with Crippen LogP contribution in [0, 0.1) is 22.7 Å². The normalized spacial score (nSPS) is 48.0. The third-order valence-electron chi connectivity index (χ3n) is 10.2. The SMILES string of the molecule is CC(=O)[C@@]12OC(C)(C)O[C@@H]1C[C@H]1[C@@H]3[C@@H](OS(C)(=O)=O)[C@@H](OS(C)(=O)=O)C4=CC(=O)CC[C@]4(C)[C@@]3(F)[C@@H](O)C[C@@]12C. The summed E-state index contributed by atoms with van der Waals surface area (Å²) in [6, 6.07) is 0. The first-order chi connectivity index (χ1) is 18.0. The van der Waals surface area contributed by atoms with E-state index in [-0.39, 0.29) is 37.0 Å². The molecule has 0 spiro atoms. The predicted molar refractivity (Wildman–Crippen MR) is 137 cm³/mol. The number of alkyl halides is 1. The van der Waals surface area contributed by atoms with Gasteiger partial charge in [-0.3, -0.25) is 18.0 Å². The van der Waals surface area contributed by atoms with Gasteiger partial charge in [-0.25, -0.2) is 4.39 Å². The number of rotatable bonds is 5. The topological polar surface area (TPSA) is 160 Å². The third-order valence-corrected chi connectivity index (χ3v) is 11.3. The van der Waals surface area contributed by atoms with Crippen molar-refractivity contribution in [3.8, 4) is 0 Å². The van der Waals surface area contributed by atoms with E-state index in [1.165, 1.54) is 13.8 Å². The number of fused-ring (bicyclic) bond motifs is 7. The van der Waals surface area contributed by atoms with E-state index in [1.807, 2.05) is 0 Å². The predicted octanol–water partition coefficient (Wildman–Crippen LogP) is 1.58. The molecule has 14 heteroatoms. The molecule has 4 aliphatic carbocycles. The van der Waals surface area contributed by atoms with Crippen molar-refractivity contribution in [2.24, 2.45) is 22.7 Å². The molecule has 226 valence electrons. The van der Waals surface area contributed by atoms with Crippen LogP contribution >= 0.6 is 0 Å². The van der Waals surface area contributed by atoms with E-state index < -0.39 is 90.2 Å². The van der Waals surface area contributed by atoms with E-state index in [1.54, 1.807) is 20.8 Å². The van der Waals surface area contributed by atoms with Gasteiger partial charge in [0.25, 0.3) is 20.2 Å². The number of ketones is 2. The number of carbonyl (C=O) groups excluding carboxylic acids is 2. The monoisotopic (exact) mass is 608 g/mol. The van der Waals surface area contributed by atoms with Crippen molar-refractivity contribution in [2.75, 3.05) is 12.5 Å². The van der Waals surface area contributed by atoms with Crippen LogP contribution < -0.4 is 0 Å². The van der Waals surface area contributed by atoms with Gasteiger partial charge in [-0.05, 0) is 57.6 Å². The maximum absolute atomic E-state index is 18.1. The summed E-state index contributed by atoms with van der Waals surface area (Å²) in [5.41, 5.74) is -7.17. The Morgan fingerprint density at radius 1 is 1.10 bits per heavy atom. The van der Waals surface area contributed by atoms with Crippen LogP contribution in [0.15, 0.2) is 11.6 Å². The molecule has 1 saturated heterocycles. The van der Waals surface area contributed by atoms with Crippen molar-refractivity contribution < 1.29 is 53.8 Å². The zero-order valence-electron chi connectivity index (χ0n) is 23.6. The average Bonchev–Trinajstić information content (AvgIpc) is 3.17. The molecular formula is C26H37FO11S2. The highest BCUT2D eigenvalue weighted by Gasteiger charge is 2.82. The molecule has 4 fully saturated rings. The van der Waals surface area contributed by atoms with Crippen LogP contribution in [0.4, 0.5) is 4.39 Å². The minimum atomic E-state index is -4.36. The molecule has 5 aliphatic rings. The van der Waals surface area contributed by atoms with Gasteiger partial charge in [-0.2, -0.15) is 16.8 Å². The first-order valence-electron chi connectivity index (χ1n) is 13.3. The summed E-state index contributed by atoms with van der Waals surface area (Å²) in [6.45, 7) is 7.82. The standard InChI is InChI=1S/C26H37FO11S2/c1-13(28)26-18(35-22(2,3)38-26)11-15-19-21(37-40(7,33)34)20(36-39(6,31)32)16-10-14(29)8-9-23(16,4)25(19,27)17(30)12-24(15,26)5/h10,15,17-21,30H,8-9,11-12H2,1-7H3/t15-,17-,18+,19+,20-,21+,23-,24-,25+,26+/m0/s1. The van der Waals surface area contributed by atoms with Gasteiger partial charge in [0.15, 0.2) is 28.6 Å². The van der Waals surface area contributed by atoms with Crippen molar-refractivity contribution in [3.05, 3.63) is 11.6 Å². The van der Waals surface area contributed by atoms with Gasteiger partial charge in [0, 0.05) is 23.2 Å². The third kappa shape index (κ3) is 3.96. The van der Waals surface area contributed by atoms with Gasteiger partial charge in [0.05, 0.1) is 24.7 Å². The Bertz CT molecular complexity index is 1410. The molecule has 11 nitrogen and oxygen atoms in total. The van der Waals surface area contributed by atoms with Crippen LogP contribution in [0.5, 0.6) is 0 Å². The Kier molecular flexibility index (Phi) is 6.52. The van der Waals surface area contributed by atoms with Crippen LogP contribution in [0.2, 0.25) is 0 Å². The molecule has 40 heavy (non-hydrogen) atoms. The van der Waals surface area contributed by atoms with Crippen LogP contribution in [0.25, 0.3) is 0 Å². The van der Waals surface area contributed by atoms with Crippen molar-refractivity contribution in [1.29, 1.82) is 0 Å². The van der Waals surface area contributed by atoms with Crippen molar-refractivity contribution in [2.45, 2.75) is 102 Å². The molecule has 1 heterocycles. The molecule has 0 aromatic heterocycles. The molecule has 10 atom stereocenters. The van der Waals surface area contributed by atoms with Crippen LogP contribution in [0.1, 0.15) is 60.3 Å². The molecular weight excluding hydrogens is 571 g/mol. The lowest BCUT2D eigenvalue weighted by molar-refractivity contribution is -0.270. The van der Waals surface area contributed by atoms with E-state index in [0.29, 0.717) is 0 Å².